The van der Waals surface area contributed by atoms with Crippen LogP contribution in [0.25, 0.3) is 16.7 Å². The number of hydrogen-bond acceptors (Lipinski definition) is 9. The molecule has 1 aromatic carbocycles. The Morgan fingerprint density at radius 2 is 1.74 bits per heavy atom. The molecule has 10 nitrogen and oxygen atoms in total. The van der Waals surface area contributed by atoms with Crippen molar-refractivity contribution in [1.82, 2.24) is 34.7 Å². The molecule has 4 rings (SSSR count). The first-order valence-electron chi connectivity index (χ1n) is 9.76. The zero-order valence-corrected chi connectivity index (χ0v) is 19.4. The van der Waals surface area contributed by atoms with Crippen molar-refractivity contribution in [2.75, 3.05) is 5.32 Å². The van der Waals surface area contributed by atoms with E-state index in [4.69, 9.17) is 11.6 Å². The standard InChI is InChI=1S/C19H15ClF4N8O2S/c1-8(18-30-9(2)31-32(18)14-5-12(16(21)22)25-6-26-14)29-17-11-3-10(20)4-13(15(11)27-7-28-17)35(33,34)19(23)24/h3-8,16,19H,1-2H3,(H,27,28,29)/t8-/m0/s1. The first-order valence-corrected chi connectivity index (χ1v) is 11.7. The third-order valence-electron chi connectivity index (χ3n) is 4.80. The number of sulfone groups is 1. The van der Waals surface area contributed by atoms with Gasteiger partial charge in [-0.15, -0.1) is 5.10 Å². The van der Waals surface area contributed by atoms with Gasteiger partial charge in [-0.25, -0.2) is 42.1 Å². The van der Waals surface area contributed by atoms with Gasteiger partial charge in [0.2, 0.25) is 9.84 Å². The van der Waals surface area contributed by atoms with Crippen molar-refractivity contribution in [3.05, 3.63) is 53.2 Å². The van der Waals surface area contributed by atoms with E-state index in [2.05, 4.69) is 35.3 Å². The lowest BCUT2D eigenvalue weighted by atomic mass is 10.2. The van der Waals surface area contributed by atoms with Crippen molar-refractivity contribution >= 4 is 38.2 Å². The maximum absolute atomic E-state index is 13.2. The summed E-state index contributed by atoms with van der Waals surface area (Å²) in [6, 6.07) is 2.58. The fourth-order valence-corrected chi connectivity index (χ4v) is 4.47. The van der Waals surface area contributed by atoms with Gasteiger partial charge < -0.3 is 5.32 Å². The van der Waals surface area contributed by atoms with E-state index in [0.717, 1.165) is 24.8 Å². The first kappa shape index (κ1) is 24.7. The van der Waals surface area contributed by atoms with Crippen LogP contribution in [0.3, 0.4) is 0 Å². The minimum atomic E-state index is -5.01. The summed E-state index contributed by atoms with van der Waals surface area (Å²) in [5, 5.41) is 7.13. The molecule has 1 atom stereocenters. The maximum atomic E-state index is 13.2. The van der Waals surface area contributed by atoms with Crippen LogP contribution in [-0.4, -0.2) is 48.9 Å². The summed E-state index contributed by atoms with van der Waals surface area (Å²) in [7, 11) is -5.01. The number of fused-ring (bicyclic) bond motifs is 1. The monoisotopic (exact) mass is 530 g/mol. The molecule has 3 heterocycles. The summed E-state index contributed by atoms with van der Waals surface area (Å²) < 4.78 is 78.2. The Labute approximate surface area is 200 Å². The number of aromatic nitrogens is 7. The zero-order chi connectivity index (χ0) is 25.5. The Morgan fingerprint density at radius 1 is 1.03 bits per heavy atom. The molecule has 0 fully saturated rings. The molecule has 0 radical (unpaired) electrons. The summed E-state index contributed by atoms with van der Waals surface area (Å²) in [4.78, 5) is 19.0. The molecule has 0 aliphatic carbocycles. The number of hydrogen-bond donors (Lipinski definition) is 1. The van der Waals surface area contributed by atoms with E-state index in [-0.39, 0.29) is 33.4 Å². The second-order valence-corrected chi connectivity index (χ2v) is 9.55. The van der Waals surface area contributed by atoms with Gasteiger partial charge in [-0.1, -0.05) is 11.6 Å². The van der Waals surface area contributed by atoms with Gasteiger partial charge in [-0.2, -0.15) is 13.5 Å². The van der Waals surface area contributed by atoms with Crippen molar-refractivity contribution in [3.8, 4) is 5.82 Å². The molecule has 16 heteroatoms. The van der Waals surface area contributed by atoms with Crippen LogP contribution in [0, 0.1) is 6.92 Å². The molecule has 1 N–H and O–H groups in total. The second kappa shape index (κ2) is 9.30. The fourth-order valence-electron chi connectivity index (χ4n) is 3.28. The molecule has 35 heavy (non-hydrogen) atoms. The molecule has 0 saturated heterocycles. The first-order chi connectivity index (χ1) is 16.5. The van der Waals surface area contributed by atoms with Gasteiger partial charge in [0.1, 0.15) is 34.9 Å². The van der Waals surface area contributed by atoms with E-state index in [1.54, 1.807) is 13.8 Å². The lowest BCUT2D eigenvalue weighted by molar-refractivity contribution is 0.146. The number of alkyl halides is 4. The number of halogens is 5. The molecule has 184 valence electrons. The maximum Gasteiger partial charge on any atom is 0.341 e. The molecule has 0 aliphatic heterocycles. The largest absolute Gasteiger partial charge is 0.360 e. The molecule has 0 saturated carbocycles. The number of rotatable bonds is 7. The van der Waals surface area contributed by atoms with Gasteiger partial charge in [0.05, 0.1) is 11.6 Å². The number of anilines is 1. The van der Waals surface area contributed by atoms with Crippen molar-refractivity contribution in [3.63, 3.8) is 0 Å². The SMILES string of the molecule is Cc1nc([C@H](C)Nc2ncnc3c(S(=O)(=O)C(F)F)cc(Cl)cc23)n(-c2cc(C(F)F)ncn2)n1. The van der Waals surface area contributed by atoms with Crippen LogP contribution >= 0.6 is 11.6 Å². The highest BCUT2D eigenvalue weighted by molar-refractivity contribution is 7.92. The smallest absolute Gasteiger partial charge is 0.341 e. The number of nitrogens with one attached hydrogen (secondary N) is 1. The van der Waals surface area contributed by atoms with Gasteiger partial charge in [0.15, 0.2) is 11.6 Å². The molecule has 4 aromatic rings. The number of benzene rings is 1. The summed E-state index contributed by atoms with van der Waals surface area (Å²) in [6.07, 6.45) is -0.845. The fraction of sp³-hybridized carbons (Fsp3) is 0.263. The van der Waals surface area contributed by atoms with E-state index in [0.29, 0.717) is 5.82 Å². The average Bonchev–Trinajstić information content (AvgIpc) is 3.20. The zero-order valence-electron chi connectivity index (χ0n) is 17.9. The Hall–Kier alpha value is -3.46. The summed E-state index contributed by atoms with van der Waals surface area (Å²) in [6.45, 7) is 3.23. The number of nitrogens with zero attached hydrogens (tertiary/aromatic N) is 7. The third kappa shape index (κ3) is 4.73. The van der Waals surface area contributed by atoms with E-state index in [1.165, 1.54) is 10.7 Å². The van der Waals surface area contributed by atoms with Crippen LogP contribution in [0.2, 0.25) is 5.02 Å². The third-order valence-corrected chi connectivity index (χ3v) is 6.41. The van der Waals surface area contributed by atoms with E-state index in [1.807, 2.05) is 0 Å². The highest BCUT2D eigenvalue weighted by Crippen LogP contribution is 2.33. The van der Waals surface area contributed by atoms with Gasteiger partial charge in [-0.05, 0) is 26.0 Å². The van der Waals surface area contributed by atoms with Crippen LogP contribution in [0.1, 0.15) is 36.7 Å². The van der Waals surface area contributed by atoms with Crippen molar-refractivity contribution in [2.24, 2.45) is 0 Å². The Balaban J connectivity index is 1.78. The predicted octanol–water partition coefficient (Wildman–Crippen LogP) is 4.07. The molecule has 0 spiro atoms. The molecule has 3 aromatic heterocycles. The molecular formula is C19H15ClF4N8O2S. The van der Waals surface area contributed by atoms with Crippen LogP contribution in [0.5, 0.6) is 0 Å². The van der Waals surface area contributed by atoms with Crippen molar-refractivity contribution < 1.29 is 26.0 Å². The minimum Gasteiger partial charge on any atom is -0.360 e. The van der Waals surface area contributed by atoms with E-state index >= 15 is 0 Å². The summed E-state index contributed by atoms with van der Waals surface area (Å²) in [5.41, 5.74) is -0.756. The Kier molecular flexibility index (Phi) is 6.55. The van der Waals surface area contributed by atoms with Crippen molar-refractivity contribution in [2.45, 2.75) is 37.0 Å². The molecule has 0 unspecified atom stereocenters. The minimum absolute atomic E-state index is 0.0421. The van der Waals surface area contributed by atoms with Crippen molar-refractivity contribution in [1.29, 1.82) is 0 Å². The van der Waals surface area contributed by atoms with E-state index < -0.39 is 38.7 Å². The Morgan fingerprint density at radius 3 is 2.43 bits per heavy atom. The molecule has 0 amide bonds. The average molecular weight is 531 g/mol. The van der Waals surface area contributed by atoms with Crippen LogP contribution in [0.15, 0.2) is 35.7 Å². The second-order valence-electron chi connectivity index (χ2n) is 7.22. The lowest BCUT2D eigenvalue weighted by Gasteiger charge is -2.17. The normalized spacial score (nSPS) is 13.1. The highest BCUT2D eigenvalue weighted by atomic mass is 35.5. The van der Waals surface area contributed by atoms with Crippen LogP contribution < -0.4 is 5.32 Å². The molecule has 0 aliphatic rings. The van der Waals surface area contributed by atoms with E-state index in [9.17, 15) is 26.0 Å². The predicted molar refractivity (Wildman–Crippen MR) is 116 cm³/mol. The Bertz CT molecular complexity index is 1520. The molecule has 0 bridgehead atoms. The van der Waals surface area contributed by atoms with Gasteiger partial charge >= 0.3 is 5.76 Å². The van der Waals surface area contributed by atoms with Gasteiger partial charge in [-0.3, -0.25) is 0 Å². The topological polar surface area (TPSA) is 128 Å². The number of aryl methyl sites for hydroxylation is 1. The lowest BCUT2D eigenvalue weighted by Crippen LogP contribution is -2.16. The van der Waals surface area contributed by atoms with Crippen LogP contribution in [-0.2, 0) is 9.84 Å². The summed E-state index contributed by atoms with van der Waals surface area (Å²) in [5.74, 6) is -3.01. The van der Waals surface area contributed by atoms with Crippen LogP contribution in [0.4, 0.5) is 23.4 Å². The van der Waals surface area contributed by atoms with Gasteiger partial charge in [0.25, 0.3) is 6.43 Å². The van der Waals surface area contributed by atoms with Gasteiger partial charge in [0, 0.05) is 16.5 Å². The molecular weight excluding hydrogens is 516 g/mol. The summed E-state index contributed by atoms with van der Waals surface area (Å²) >= 11 is 6.01. The highest BCUT2D eigenvalue weighted by Gasteiger charge is 2.30. The quantitative estimate of drug-likeness (QED) is 0.351.